The van der Waals surface area contributed by atoms with Gasteiger partial charge in [0.05, 0.1) is 10.5 Å². The van der Waals surface area contributed by atoms with Gasteiger partial charge < -0.3 is 20.3 Å². The number of likely N-dealkylation sites (tertiary alicyclic amines) is 1. The third kappa shape index (κ3) is 6.18. The van der Waals surface area contributed by atoms with Crippen LogP contribution in [0.5, 0.6) is 5.75 Å². The summed E-state index contributed by atoms with van der Waals surface area (Å²) in [4.78, 5) is 35.7. The van der Waals surface area contributed by atoms with Crippen LogP contribution >= 0.6 is 11.6 Å². The van der Waals surface area contributed by atoms with Crippen LogP contribution < -0.4 is 15.4 Å². The number of piperidine rings is 1. The van der Waals surface area contributed by atoms with Crippen LogP contribution in [0.4, 0.5) is 17.2 Å². The molecule has 8 nitrogen and oxygen atoms in total. The van der Waals surface area contributed by atoms with Crippen molar-refractivity contribution in [1.29, 1.82) is 0 Å². The first-order valence-electron chi connectivity index (χ1n) is 12.7. The van der Waals surface area contributed by atoms with Gasteiger partial charge in [0.25, 0.3) is 0 Å². The van der Waals surface area contributed by atoms with Crippen molar-refractivity contribution in [2.45, 2.75) is 31.9 Å². The summed E-state index contributed by atoms with van der Waals surface area (Å²) in [6.45, 7) is 4.52. The van der Waals surface area contributed by atoms with Crippen molar-refractivity contribution in [2.75, 3.05) is 17.2 Å². The number of fused-ring (bicyclic) bond motifs is 1. The van der Waals surface area contributed by atoms with Crippen LogP contribution in [0, 0.1) is 0 Å². The molecule has 0 bridgehead atoms. The first-order valence-corrected chi connectivity index (χ1v) is 13.1. The van der Waals surface area contributed by atoms with E-state index in [-0.39, 0.29) is 11.8 Å². The van der Waals surface area contributed by atoms with E-state index in [9.17, 15) is 9.59 Å². The molecule has 5 rings (SSSR count). The molecular weight excluding hydrogens is 514 g/mol. The van der Waals surface area contributed by atoms with E-state index in [0.717, 1.165) is 29.5 Å². The molecule has 0 aliphatic carbocycles. The number of nitrogens with one attached hydrogen (secondary N) is 2. The predicted molar refractivity (Wildman–Crippen MR) is 153 cm³/mol. The van der Waals surface area contributed by atoms with Crippen molar-refractivity contribution < 1.29 is 14.3 Å². The van der Waals surface area contributed by atoms with Crippen LogP contribution in [0.15, 0.2) is 85.7 Å². The van der Waals surface area contributed by atoms with Crippen LogP contribution in [0.25, 0.3) is 10.9 Å². The second-order valence-corrected chi connectivity index (χ2v) is 9.64. The molecule has 198 valence electrons. The lowest BCUT2D eigenvalue weighted by Gasteiger charge is -2.34. The van der Waals surface area contributed by atoms with Gasteiger partial charge in [0, 0.05) is 23.3 Å². The van der Waals surface area contributed by atoms with Gasteiger partial charge in [-0.05, 0) is 67.3 Å². The summed E-state index contributed by atoms with van der Waals surface area (Å²) in [5, 5.41) is 7.44. The van der Waals surface area contributed by atoms with Gasteiger partial charge in [-0.15, -0.1) is 0 Å². The van der Waals surface area contributed by atoms with Gasteiger partial charge in [-0.25, -0.2) is 9.97 Å². The molecule has 1 aliphatic heterocycles. The maximum atomic E-state index is 13.1. The number of halogens is 1. The van der Waals surface area contributed by atoms with Crippen LogP contribution in [0.2, 0.25) is 5.02 Å². The van der Waals surface area contributed by atoms with Gasteiger partial charge >= 0.3 is 0 Å². The first kappa shape index (κ1) is 26.2. The largest absolute Gasteiger partial charge is 0.487 e. The molecule has 0 unspecified atom stereocenters. The number of benzene rings is 3. The van der Waals surface area contributed by atoms with Gasteiger partial charge in [0.2, 0.25) is 11.8 Å². The fourth-order valence-corrected chi connectivity index (χ4v) is 4.85. The summed E-state index contributed by atoms with van der Waals surface area (Å²) < 4.78 is 5.87. The fraction of sp³-hybridized carbons (Fsp3) is 0.200. The molecule has 1 aromatic heterocycles. The number of aromatic nitrogens is 2. The molecule has 1 aliphatic rings. The molecule has 3 aromatic carbocycles. The van der Waals surface area contributed by atoms with Gasteiger partial charge in [0.1, 0.15) is 30.5 Å². The third-order valence-corrected chi connectivity index (χ3v) is 6.89. The maximum absolute atomic E-state index is 13.1. The van der Waals surface area contributed by atoms with Gasteiger partial charge in [-0.3, -0.25) is 9.59 Å². The van der Waals surface area contributed by atoms with E-state index in [1.165, 1.54) is 12.4 Å². The minimum Gasteiger partial charge on any atom is -0.487 e. The Morgan fingerprint density at radius 1 is 1.05 bits per heavy atom. The summed E-state index contributed by atoms with van der Waals surface area (Å²) in [6, 6.07) is 20.2. The molecule has 0 saturated carbocycles. The van der Waals surface area contributed by atoms with E-state index in [1.807, 2.05) is 54.6 Å². The zero-order valence-corrected chi connectivity index (χ0v) is 22.0. The number of carbonyl (C=O) groups is 2. The Morgan fingerprint density at radius 3 is 2.67 bits per heavy atom. The molecule has 39 heavy (non-hydrogen) atoms. The molecule has 2 N–H and O–H groups in total. The molecule has 0 radical (unpaired) electrons. The minimum atomic E-state index is -0.533. The molecule has 2 heterocycles. The predicted octanol–water partition coefficient (Wildman–Crippen LogP) is 6.11. The Bertz CT molecular complexity index is 1510. The quantitative estimate of drug-likeness (QED) is 0.261. The number of carbonyl (C=O) groups excluding carboxylic acids is 2. The summed E-state index contributed by atoms with van der Waals surface area (Å²) in [5.41, 5.74) is 3.07. The minimum absolute atomic E-state index is 0.228. The van der Waals surface area contributed by atoms with E-state index in [1.54, 1.807) is 17.0 Å². The highest BCUT2D eigenvalue weighted by molar-refractivity contribution is 6.32. The Hall–Kier alpha value is -4.43. The lowest BCUT2D eigenvalue weighted by atomic mass is 10.0. The molecule has 1 saturated heterocycles. The number of ether oxygens (including phenoxy) is 1. The number of hydrogen-bond donors (Lipinski definition) is 2. The lowest BCUT2D eigenvalue weighted by molar-refractivity contribution is -0.136. The maximum Gasteiger partial charge on any atom is 0.247 e. The van der Waals surface area contributed by atoms with E-state index < -0.39 is 6.04 Å². The number of anilines is 3. The molecule has 0 spiro atoms. The van der Waals surface area contributed by atoms with Crippen molar-refractivity contribution >= 4 is 51.5 Å². The normalized spacial score (nSPS) is 15.0. The van der Waals surface area contributed by atoms with Gasteiger partial charge in [0.15, 0.2) is 0 Å². The van der Waals surface area contributed by atoms with E-state index >= 15 is 0 Å². The number of amides is 2. The molecule has 1 fully saturated rings. The van der Waals surface area contributed by atoms with Crippen LogP contribution in [-0.2, 0) is 16.2 Å². The summed E-state index contributed by atoms with van der Waals surface area (Å²) in [6.07, 6.45) is 5.10. The van der Waals surface area contributed by atoms with Crippen molar-refractivity contribution in [2.24, 2.45) is 0 Å². The zero-order valence-electron chi connectivity index (χ0n) is 21.3. The van der Waals surface area contributed by atoms with E-state index in [0.29, 0.717) is 47.4 Å². The van der Waals surface area contributed by atoms with Crippen LogP contribution in [-0.4, -0.2) is 39.3 Å². The highest BCUT2D eigenvalue weighted by Gasteiger charge is 2.31. The molecular formula is C30H28ClN5O3. The number of nitrogens with zero attached hydrogens (tertiary/aromatic N) is 3. The first-order chi connectivity index (χ1) is 19.0. The average molecular weight is 542 g/mol. The van der Waals surface area contributed by atoms with Crippen molar-refractivity contribution in [3.63, 3.8) is 0 Å². The average Bonchev–Trinajstić information content (AvgIpc) is 2.97. The molecule has 4 aromatic rings. The van der Waals surface area contributed by atoms with E-state index in [2.05, 4.69) is 27.2 Å². The molecule has 2 amide bonds. The van der Waals surface area contributed by atoms with Gasteiger partial charge in [-0.2, -0.15) is 0 Å². The molecule has 9 heteroatoms. The Labute approximate surface area is 231 Å². The number of hydrogen-bond acceptors (Lipinski definition) is 6. The van der Waals surface area contributed by atoms with Crippen molar-refractivity contribution in [1.82, 2.24) is 14.9 Å². The summed E-state index contributed by atoms with van der Waals surface area (Å²) in [7, 11) is 0. The highest BCUT2D eigenvalue weighted by atomic mass is 35.5. The second-order valence-electron chi connectivity index (χ2n) is 9.24. The topological polar surface area (TPSA) is 96.5 Å². The Balaban J connectivity index is 1.32. The summed E-state index contributed by atoms with van der Waals surface area (Å²) >= 11 is 6.50. The van der Waals surface area contributed by atoms with E-state index in [4.69, 9.17) is 16.3 Å². The highest BCUT2D eigenvalue weighted by Crippen LogP contribution is 2.32. The van der Waals surface area contributed by atoms with Crippen molar-refractivity contribution in [3.8, 4) is 5.75 Å². The monoisotopic (exact) mass is 541 g/mol. The Morgan fingerprint density at radius 2 is 1.87 bits per heavy atom. The SMILES string of the molecule is C=CC(=O)N1CCCC[C@H]1C(=O)Nc1ccc2ncnc(Nc3ccc(OCc4ccccc4)c(Cl)c3)c2c1. The summed E-state index contributed by atoms with van der Waals surface area (Å²) in [5.74, 6) is 0.679. The standard InChI is InChI=1S/C30H28ClN5O3/c1-2-28(37)36-15-7-6-10-26(36)30(38)35-21-11-13-25-23(16-21)29(33-19-32-25)34-22-12-14-27(24(31)17-22)39-18-20-8-4-3-5-9-20/h2-5,8-9,11-14,16-17,19,26H,1,6-7,10,15,18H2,(H,35,38)(H,32,33,34)/t26-/m0/s1. The third-order valence-electron chi connectivity index (χ3n) is 6.60. The second kappa shape index (κ2) is 12.0. The fourth-order valence-electron chi connectivity index (χ4n) is 4.61. The van der Waals surface area contributed by atoms with Crippen molar-refractivity contribution in [3.05, 3.63) is 96.3 Å². The molecule has 1 atom stereocenters. The van der Waals surface area contributed by atoms with Crippen LogP contribution in [0.3, 0.4) is 0 Å². The lowest BCUT2D eigenvalue weighted by Crippen LogP contribution is -2.49. The zero-order chi connectivity index (χ0) is 27.2. The van der Waals surface area contributed by atoms with Crippen LogP contribution in [0.1, 0.15) is 24.8 Å². The smallest absolute Gasteiger partial charge is 0.247 e. The Kier molecular flexibility index (Phi) is 8.03. The number of rotatable bonds is 8. The van der Waals surface area contributed by atoms with Gasteiger partial charge in [-0.1, -0.05) is 48.5 Å².